The molecule has 0 radical (unpaired) electrons. The maximum Gasteiger partial charge on any atom is 0.416 e. The minimum Gasteiger partial charge on any atom is -0.329 e. The molecule has 5 heteroatoms. The lowest BCUT2D eigenvalue weighted by atomic mass is 10.00. The number of likely N-dealkylation sites (N-methyl/N-ethyl adjacent to an activating group) is 1. The number of hydrogen-bond acceptors (Lipinski definition) is 2. The van der Waals surface area contributed by atoms with Crippen molar-refractivity contribution < 1.29 is 13.2 Å². The minimum absolute atomic E-state index is 0.288. The average Bonchev–Trinajstić information content (AvgIpc) is 2.27. The number of rotatable bonds is 4. The molecule has 0 saturated heterocycles. The summed E-state index contributed by atoms with van der Waals surface area (Å²) in [5.41, 5.74) is 5.12. The van der Waals surface area contributed by atoms with Crippen LogP contribution in [0, 0.1) is 0 Å². The van der Waals surface area contributed by atoms with Crippen LogP contribution >= 0.6 is 0 Å². The van der Waals surface area contributed by atoms with E-state index < -0.39 is 11.7 Å². The van der Waals surface area contributed by atoms with Crippen LogP contribution in [0.15, 0.2) is 24.3 Å². The van der Waals surface area contributed by atoms with Gasteiger partial charge in [0, 0.05) is 19.1 Å². The summed E-state index contributed by atoms with van der Waals surface area (Å²) in [5.74, 6) is 0. The Labute approximate surface area is 99.2 Å². The summed E-state index contributed by atoms with van der Waals surface area (Å²) in [4.78, 5) is 1.81. The molecule has 17 heavy (non-hydrogen) atoms. The normalized spacial score (nSPS) is 14.1. The molecule has 2 N–H and O–H groups in total. The Kier molecular flexibility index (Phi) is 4.54. The lowest BCUT2D eigenvalue weighted by Gasteiger charge is -2.26. The van der Waals surface area contributed by atoms with E-state index in [0.717, 1.165) is 6.07 Å². The predicted molar refractivity (Wildman–Crippen MR) is 61.5 cm³/mol. The Morgan fingerprint density at radius 1 is 1.29 bits per heavy atom. The third-order valence-corrected chi connectivity index (χ3v) is 2.86. The first-order valence-corrected chi connectivity index (χ1v) is 5.44. The van der Waals surface area contributed by atoms with E-state index in [1.807, 2.05) is 4.90 Å². The van der Waals surface area contributed by atoms with Crippen molar-refractivity contribution in [2.75, 3.05) is 20.1 Å². The van der Waals surface area contributed by atoms with Gasteiger partial charge in [0.25, 0.3) is 0 Å². The van der Waals surface area contributed by atoms with Gasteiger partial charge in [-0.1, -0.05) is 18.2 Å². The second-order valence-corrected chi connectivity index (χ2v) is 4.03. The van der Waals surface area contributed by atoms with Gasteiger partial charge in [0.15, 0.2) is 0 Å². The smallest absolute Gasteiger partial charge is 0.329 e. The molecule has 0 aliphatic heterocycles. The number of nitrogens with zero attached hydrogens (tertiary/aromatic N) is 1. The van der Waals surface area contributed by atoms with Gasteiger partial charge < -0.3 is 5.73 Å². The van der Waals surface area contributed by atoms with Crippen molar-refractivity contribution in [2.45, 2.75) is 19.1 Å². The zero-order valence-corrected chi connectivity index (χ0v) is 9.96. The van der Waals surface area contributed by atoms with E-state index in [0.29, 0.717) is 13.1 Å². The zero-order valence-electron chi connectivity index (χ0n) is 9.96. The molecule has 0 aliphatic carbocycles. The molecule has 0 amide bonds. The Hall–Kier alpha value is -1.07. The highest BCUT2D eigenvalue weighted by molar-refractivity contribution is 5.32. The molecule has 0 saturated carbocycles. The van der Waals surface area contributed by atoms with Gasteiger partial charge in [0.05, 0.1) is 5.56 Å². The van der Waals surface area contributed by atoms with Crippen molar-refractivity contribution in [3.8, 4) is 0 Å². The first-order valence-electron chi connectivity index (χ1n) is 5.44. The summed E-state index contributed by atoms with van der Waals surface area (Å²) < 4.78 is 38.4. The minimum atomic E-state index is -4.31. The van der Waals surface area contributed by atoms with Crippen LogP contribution in [0.25, 0.3) is 0 Å². The molecule has 0 aromatic heterocycles. The fourth-order valence-electron chi connectivity index (χ4n) is 1.75. The van der Waals surface area contributed by atoms with Crippen molar-refractivity contribution in [1.82, 2.24) is 4.90 Å². The molecule has 1 unspecified atom stereocenters. The summed E-state index contributed by atoms with van der Waals surface area (Å²) in [6.45, 7) is 2.74. The Morgan fingerprint density at radius 3 is 2.41 bits per heavy atom. The number of nitrogens with two attached hydrogens (primary N) is 1. The highest BCUT2D eigenvalue weighted by atomic mass is 19.4. The number of alkyl halides is 3. The van der Waals surface area contributed by atoms with Gasteiger partial charge in [-0.3, -0.25) is 4.90 Å². The molecule has 0 heterocycles. The van der Waals surface area contributed by atoms with Gasteiger partial charge in [-0.2, -0.15) is 13.2 Å². The van der Waals surface area contributed by atoms with Gasteiger partial charge in [-0.05, 0) is 25.6 Å². The van der Waals surface area contributed by atoms with E-state index in [2.05, 4.69) is 0 Å². The quantitative estimate of drug-likeness (QED) is 0.885. The number of hydrogen-bond donors (Lipinski definition) is 1. The van der Waals surface area contributed by atoms with Crippen molar-refractivity contribution in [2.24, 2.45) is 5.73 Å². The number of benzene rings is 1. The highest BCUT2D eigenvalue weighted by Crippen LogP contribution is 2.35. The molecule has 1 aromatic carbocycles. The molecule has 96 valence electrons. The van der Waals surface area contributed by atoms with E-state index in [-0.39, 0.29) is 11.6 Å². The molecule has 0 aliphatic rings. The van der Waals surface area contributed by atoms with Gasteiger partial charge in [0.1, 0.15) is 0 Å². The summed E-state index contributed by atoms with van der Waals surface area (Å²) in [7, 11) is 1.77. The first-order chi connectivity index (χ1) is 7.88. The summed E-state index contributed by atoms with van der Waals surface area (Å²) in [6, 6.07) is 5.35. The average molecular weight is 246 g/mol. The van der Waals surface area contributed by atoms with E-state index in [4.69, 9.17) is 5.73 Å². The van der Waals surface area contributed by atoms with Crippen LogP contribution in [0.1, 0.15) is 24.1 Å². The summed E-state index contributed by atoms with van der Waals surface area (Å²) in [6.07, 6.45) is -4.31. The zero-order chi connectivity index (χ0) is 13.1. The van der Waals surface area contributed by atoms with Crippen molar-refractivity contribution >= 4 is 0 Å². The molecular weight excluding hydrogens is 229 g/mol. The summed E-state index contributed by atoms with van der Waals surface area (Å²) >= 11 is 0. The Bertz CT molecular complexity index is 363. The van der Waals surface area contributed by atoms with Crippen LogP contribution in [0.5, 0.6) is 0 Å². The first kappa shape index (κ1) is 14.0. The highest BCUT2D eigenvalue weighted by Gasteiger charge is 2.34. The van der Waals surface area contributed by atoms with Crippen molar-refractivity contribution in [3.63, 3.8) is 0 Å². The third kappa shape index (κ3) is 3.44. The van der Waals surface area contributed by atoms with Crippen LogP contribution in [0.3, 0.4) is 0 Å². The maximum atomic E-state index is 12.8. The largest absolute Gasteiger partial charge is 0.416 e. The Morgan fingerprint density at radius 2 is 1.88 bits per heavy atom. The van der Waals surface area contributed by atoms with Crippen LogP contribution in [0.4, 0.5) is 13.2 Å². The second kappa shape index (κ2) is 5.51. The molecular formula is C12H17F3N2. The second-order valence-electron chi connectivity index (χ2n) is 4.03. The lowest BCUT2D eigenvalue weighted by Crippen LogP contribution is -2.29. The van der Waals surface area contributed by atoms with Crippen molar-refractivity contribution in [3.05, 3.63) is 35.4 Å². The molecule has 0 bridgehead atoms. The van der Waals surface area contributed by atoms with E-state index in [1.54, 1.807) is 20.0 Å². The van der Waals surface area contributed by atoms with E-state index >= 15 is 0 Å². The maximum absolute atomic E-state index is 12.8. The van der Waals surface area contributed by atoms with Gasteiger partial charge >= 0.3 is 6.18 Å². The van der Waals surface area contributed by atoms with Gasteiger partial charge in [0.2, 0.25) is 0 Å². The van der Waals surface area contributed by atoms with E-state index in [9.17, 15) is 13.2 Å². The van der Waals surface area contributed by atoms with Crippen LogP contribution < -0.4 is 5.73 Å². The fraction of sp³-hybridized carbons (Fsp3) is 0.500. The molecule has 0 fully saturated rings. The summed E-state index contributed by atoms with van der Waals surface area (Å²) in [5, 5.41) is 0. The van der Waals surface area contributed by atoms with Crippen molar-refractivity contribution in [1.29, 1.82) is 0 Å². The van der Waals surface area contributed by atoms with E-state index in [1.165, 1.54) is 12.1 Å². The van der Waals surface area contributed by atoms with Gasteiger partial charge in [-0.25, -0.2) is 0 Å². The Balaban J connectivity index is 3.05. The van der Waals surface area contributed by atoms with Crippen LogP contribution in [-0.4, -0.2) is 25.0 Å². The molecule has 2 nitrogen and oxygen atoms in total. The monoisotopic (exact) mass is 246 g/mol. The van der Waals surface area contributed by atoms with Crippen LogP contribution in [-0.2, 0) is 6.18 Å². The fourth-order valence-corrected chi connectivity index (χ4v) is 1.75. The number of halogens is 3. The molecule has 1 rings (SSSR count). The van der Waals surface area contributed by atoms with Gasteiger partial charge in [-0.15, -0.1) is 0 Å². The topological polar surface area (TPSA) is 29.3 Å². The lowest BCUT2D eigenvalue weighted by molar-refractivity contribution is -0.138. The molecule has 0 spiro atoms. The molecule has 1 aromatic rings. The predicted octanol–water partition coefficient (Wildman–Crippen LogP) is 2.66. The molecule has 1 atom stereocenters. The third-order valence-electron chi connectivity index (χ3n) is 2.86. The standard InChI is InChI=1S/C12H17F3N2/c1-9(17(2)8-7-16)10-5-3-4-6-11(10)12(13,14)15/h3-6,9H,7-8,16H2,1-2H3. The SMILES string of the molecule is CC(c1ccccc1C(F)(F)F)N(C)CCN. The van der Waals surface area contributed by atoms with Crippen LogP contribution in [0.2, 0.25) is 0 Å².